The van der Waals surface area contributed by atoms with E-state index in [0.29, 0.717) is 32.7 Å². The van der Waals surface area contributed by atoms with E-state index in [1.54, 1.807) is 12.1 Å². The van der Waals surface area contributed by atoms with Crippen LogP contribution in [-0.2, 0) is 0 Å². The number of anilines is 4. The molecular formula is C16H12Cl2N4. The van der Waals surface area contributed by atoms with Crippen LogP contribution in [0.2, 0.25) is 10.0 Å². The zero-order valence-corrected chi connectivity index (χ0v) is 13.5. The van der Waals surface area contributed by atoms with Crippen molar-refractivity contribution in [1.29, 1.82) is 0 Å². The van der Waals surface area contributed by atoms with Crippen LogP contribution < -0.4 is 10.6 Å². The van der Waals surface area contributed by atoms with Crippen molar-refractivity contribution in [2.24, 2.45) is 0 Å². The first-order chi connectivity index (χ1) is 10.5. The maximum Gasteiger partial charge on any atom is 0.174 e. The molecule has 0 atom stereocenters. The van der Waals surface area contributed by atoms with Crippen molar-refractivity contribution in [2.45, 2.75) is 13.8 Å². The molecule has 0 saturated heterocycles. The zero-order chi connectivity index (χ0) is 15.4. The first-order valence-electron chi connectivity index (χ1n) is 6.84. The number of fused-ring (bicyclic) bond motifs is 3. The number of halogens is 2. The Kier molecular flexibility index (Phi) is 2.93. The van der Waals surface area contributed by atoms with Crippen molar-refractivity contribution < 1.29 is 0 Å². The third-order valence-electron chi connectivity index (χ3n) is 3.86. The molecule has 3 aromatic rings. The Morgan fingerprint density at radius 1 is 0.773 bits per heavy atom. The summed E-state index contributed by atoms with van der Waals surface area (Å²) in [7, 11) is 0. The summed E-state index contributed by atoms with van der Waals surface area (Å²) in [6, 6.07) is 7.63. The number of hydrogen-bond donors (Lipinski definition) is 2. The van der Waals surface area contributed by atoms with Crippen LogP contribution in [0.1, 0.15) is 11.1 Å². The molecule has 1 aromatic heterocycles. The molecule has 4 rings (SSSR count). The fraction of sp³-hybridized carbons (Fsp3) is 0.125. The van der Waals surface area contributed by atoms with E-state index in [9.17, 15) is 0 Å². The molecule has 2 N–H and O–H groups in total. The van der Waals surface area contributed by atoms with Crippen molar-refractivity contribution in [2.75, 3.05) is 10.6 Å². The van der Waals surface area contributed by atoms with Crippen LogP contribution in [0.3, 0.4) is 0 Å². The predicted octanol–water partition coefficient (Wildman–Crippen LogP) is 5.35. The number of benzene rings is 2. The molecule has 0 saturated carbocycles. The number of rotatable bonds is 0. The first kappa shape index (κ1) is 13.6. The highest BCUT2D eigenvalue weighted by Crippen LogP contribution is 2.40. The van der Waals surface area contributed by atoms with E-state index in [2.05, 4.69) is 46.6 Å². The highest BCUT2D eigenvalue weighted by atomic mass is 35.5. The molecule has 2 heterocycles. The molecular weight excluding hydrogens is 319 g/mol. The van der Waals surface area contributed by atoms with Gasteiger partial charge in [-0.2, -0.15) is 0 Å². The monoisotopic (exact) mass is 330 g/mol. The van der Waals surface area contributed by atoms with Gasteiger partial charge in [0.05, 0.1) is 21.4 Å². The molecule has 22 heavy (non-hydrogen) atoms. The van der Waals surface area contributed by atoms with E-state index < -0.39 is 0 Å². The second kappa shape index (κ2) is 4.73. The van der Waals surface area contributed by atoms with Crippen LogP contribution in [0.5, 0.6) is 0 Å². The smallest absolute Gasteiger partial charge is 0.174 e. The van der Waals surface area contributed by atoms with Gasteiger partial charge in [0.25, 0.3) is 0 Å². The van der Waals surface area contributed by atoms with Crippen LogP contribution in [0.15, 0.2) is 24.3 Å². The fourth-order valence-electron chi connectivity index (χ4n) is 2.53. The average Bonchev–Trinajstić information content (AvgIpc) is 2.49. The quantitative estimate of drug-likeness (QED) is 0.456. The number of aromatic nitrogens is 2. The Morgan fingerprint density at radius 3 is 1.59 bits per heavy atom. The minimum atomic E-state index is 0.530. The zero-order valence-electron chi connectivity index (χ0n) is 12.0. The molecule has 2 aromatic carbocycles. The van der Waals surface area contributed by atoms with Gasteiger partial charge in [-0.25, -0.2) is 9.97 Å². The van der Waals surface area contributed by atoms with Gasteiger partial charge in [0.15, 0.2) is 11.6 Å². The van der Waals surface area contributed by atoms with Gasteiger partial charge >= 0.3 is 0 Å². The lowest BCUT2D eigenvalue weighted by Gasteiger charge is -2.23. The summed E-state index contributed by atoms with van der Waals surface area (Å²) in [5.74, 6) is 1.29. The molecule has 4 nitrogen and oxygen atoms in total. The molecule has 110 valence electrons. The van der Waals surface area contributed by atoms with Crippen LogP contribution in [0, 0.1) is 13.8 Å². The third-order valence-corrected chi connectivity index (χ3v) is 4.47. The predicted molar refractivity (Wildman–Crippen MR) is 92.0 cm³/mol. The lowest BCUT2D eigenvalue weighted by atomic mass is 10.1. The van der Waals surface area contributed by atoms with Gasteiger partial charge < -0.3 is 10.6 Å². The molecule has 0 unspecified atom stereocenters. The van der Waals surface area contributed by atoms with Crippen LogP contribution in [0.4, 0.5) is 23.0 Å². The minimum Gasteiger partial charge on any atom is -0.335 e. The third kappa shape index (κ3) is 1.99. The molecule has 6 heteroatoms. The Balaban J connectivity index is 1.93. The standard InChI is InChI=1S/C16H12Cl2N4/c1-7-5-11-12(6-8(7)2)20-16-15(19-11)21-13-9(17)3-4-10(18)14(13)22-16/h3-6H,1-2H3,(H,19,21)(H,20,22). The van der Waals surface area contributed by atoms with Gasteiger partial charge in [-0.15, -0.1) is 0 Å². The van der Waals surface area contributed by atoms with Gasteiger partial charge in [-0.05, 0) is 49.2 Å². The number of nitrogens with one attached hydrogen (secondary N) is 2. The molecule has 1 aliphatic rings. The van der Waals surface area contributed by atoms with E-state index >= 15 is 0 Å². The molecule has 0 spiro atoms. The van der Waals surface area contributed by atoms with Crippen molar-refractivity contribution in [3.8, 4) is 0 Å². The van der Waals surface area contributed by atoms with Gasteiger partial charge in [0, 0.05) is 0 Å². The highest BCUT2D eigenvalue weighted by molar-refractivity contribution is 6.39. The normalized spacial score (nSPS) is 12.4. The average molecular weight is 331 g/mol. The Morgan fingerprint density at radius 2 is 1.18 bits per heavy atom. The maximum absolute atomic E-state index is 6.21. The Bertz CT molecular complexity index is 862. The summed E-state index contributed by atoms with van der Waals surface area (Å²) in [5, 5.41) is 7.68. The molecule has 0 aliphatic carbocycles. The van der Waals surface area contributed by atoms with Crippen LogP contribution in [0.25, 0.3) is 11.0 Å². The van der Waals surface area contributed by atoms with E-state index in [4.69, 9.17) is 23.2 Å². The van der Waals surface area contributed by atoms with Gasteiger partial charge in [0.2, 0.25) is 0 Å². The number of nitrogens with zero attached hydrogens (tertiary/aromatic N) is 2. The lowest BCUT2D eigenvalue weighted by Crippen LogP contribution is -2.10. The van der Waals surface area contributed by atoms with E-state index in [1.165, 1.54) is 11.1 Å². The van der Waals surface area contributed by atoms with Crippen LogP contribution in [-0.4, -0.2) is 9.97 Å². The molecule has 0 amide bonds. The largest absolute Gasteiger partial charge is 0.335 e. The van der Waals surface area contributed by atoms with Crippen molar-refractivity contribution in [1.82, 2.24) is 9.97 Å². The van der Waals surface area contributed by atoms with Crippen molar-refractivity contribution in [3.63, 3.8) is 0 Å². The van der Waals surface area contributed by atoms with E-state index in [0.717, 1.165) is 11.4 Å². The Hall–Kier alpha value is -2.04. The van der Waals surface area contributed by atoms with Gasteiger partial charge in [-0.3, -0.25) is 0 Å². The van der Waals surface area contributed by atoms with Crippen LogP contribution >= 0.6 is 23.2 Å². The summed E-state index contributed by atoms with van der Waals surface area (Å²) in [5.41, 5.74) is 5.56. The fourth-order valence-corrected chi connectivity index (χ4v) is 2.91. The summed E-state index contributed by atoms with van der Waals surface area (Å²) >= 11 is 12.4. The van der Waals surface area contributed by atoms with Gasteiger partial charge in [0.1, 0.15) is 11.0 Å². The topological polar surface area (TPSA) is 49.8 Å². The number of aryl methyl sites for hydroxylation is 2. The second-order valence-corrected chi connectivity index (χ2v) is 6.19. The minimum absolute atomic E-state index is 0.530. The summed E-state index contributed by atoms with van der Waals surface area (Å²) < 4.78 is 0. The summed E-state index contributed by atoms with van der Waals surface area (Å²) in [6.45, 7) is 4.16. The van der Waals surface area contributed by atoms with Crippen molar-refractivity contribution >= 4 is 57.2 Å². The van der Waals surface area contributed by atoms with E-state index in [1.807, 2.05) is 0 Å². The lowest BCUT2D eigenvalue weighted by molar-refractivity contribution is 1.23. The second-order valence-electron chi connectivity index (χ2n) is 5.38. The molecule has 0 fully saturated rings. The summed E-state index contributed by atoms with van der Waals surface area (Å²) in [4.78, 5) is 9.15. The maximum atomic E-state index is 6.21. The first-order valence-corrected chi connectivity index (χ1v) is 7.59. The Labute approximate surface area is 137 Å². The SMILES string of the molecule is Cc1cc2c(cc1C)Nc1nc3c(Cl)ccc(Cl)c3nc1N2. The molecule has 0 bridgehead atoms. The van der Waals surface area contributed by atoms with E-state index in [-0.39, 0.29) is 0 Å². The number of hydrogen-bond acceptors (Lipinski definition) is 4. The molecule has 1 aliphatic heterocycles. The molecule has 0 radical (unpaired) electrons. The summed E-state index contributed by atoms with van der Waals surface area (Å²) in [6.07, 6.45) is 0. The highest BCUT2D eigenvalue weighted by Gasteiger charge is 2.20. The van der Waals surface area contributed by atoms with Gasteiger partial charge in [-0.1, -0.05) is 23.2 Å². The van der Waals surface area contributed by atoms with Crippen molar-refractivity contribution in [3.05, 3.63) is 45.4 Å².